The molecule has 2 spiro atoms. The van der Waals surface area contributed by atoms with Crippen LogP contribution < -0.4 is 15.5 Å². The fourth-order valence-electron chi connectivity index (χ4n) is 9.24. The monoisotopic (exact) mass is 518 g/mol. The Morgan fingerprint density at radius 3 is 2.44 bits per heavy atom. The maximum atomic E-state index is 15.3. The van der Waals surface area contributed by atoms with Crippen LogP contribution >= 0.6 is 0 Å². The highest BCUT2D eigenvalue weighted by Crippen LogP contribution is 2.71. The molecule has 1 aliphatic carbocycles. The number of carbonyl (C=O) groups excluding carboxylic acids is 2. The number of fused-ring (bicyclic) bond motifs is 8. The number of hydrogen-bond acceptors (Lipinski definition) is 5. The molecule has 39 heavy (non-hydrogen) atoms. The van der Waals surface area contributed by atoms with Gasteiger partial charge in [-0.25, -0.2) is 0 Å². The molecule has 4 heterocycles. The predicted molar refractivity (Wildman–Crippen MR) is 153 cm³/mol. The first-order chi connectivity index (χ1) is 19.0. The first kappa shape index (κ1) is 23.3. The molecule has 0 bridgehead atoms. The van der Waals surface area contributed by atoms with E-state index in [9.17, 15) is 4.79 Å². The average molecular weight is 519 g/mol. The van der Waals surface area contributed by atoms with Crippen LogP contribution in [0.15, 0.2) is 72.8 Å². The van der Waals surface area contributed by atoms with Crippen LogP contribution in [0, 0.1) is 5.41 Å². The molecule has 1 saturated carbocycles. The molecule has 0 radical (unpaired) electrons. The Kier molecular flexibility index (Phi) is 4.74. The van der Waals surface area contributed by atoms with Crippen LogP contribution in [-0.2, 0) is 15.1 Å². The van der Waals surface area contributed by atoms with Gasteiger partial charge in [0.2, 0.25) is 0 Å². The summed E-state index contributed by atoms with van der Waals surface area (Å²) in [5, 5.41) is 6.89. The van der Waals surface area contributed by atoms with Gasteiger partial charge in [-0.3, -0.25) is 14.5 Å². The molecule has 2 N–H and O–H groups in total. The molecule has 3 aromatic carbocycles. The van der Waals surface area contributed by atoms with Crippen molar-refractivity contribution in [2.24, 2.45) is 5.41 Å². The summed E-state index contributed by atoms with van der Waals surface area (Å²) in [6.45, 7) is 0.829. The van der Waals surface area contributed by atoms with E-state index in [1.54, 1.807) is 0 Å². The highest BCUT2D eigenvalue weighted by Gasteiger charge is 2.78. The number of nitrogens with zero attached hydrogens (tertiary/aromatic N) is 2. The number of carbonyl (C=O) groups is 2. The molecular formula is C33H34N4O2. The van der Waals surface area contributed by atoms with Crippen molar-refractivity contribution >= 4 is 28.8 Å². The predicted octanol–water partition coefficient (Wildman–Crippen LogP) is 5.09. The standard InChI is InChI=1S/C33H34N4O2/c1-36(2)21-15-13-20(14-16-21)28-27-12-7-19-37(27)33(24-9-4-6-11-26(24)35-31(33)39)32(28)18-17-23-22-8-3-5-10-25(22)34-29(23)30(32)38/h3-6,8-11,13-16,23,27-29,34H,7,12,17-19H2,1-2H3,(H,35,39)/t23?,27?,28-,29?,32+,33-/m0/s1. The van der Waals surface area contributed by atoms with E-state index < -0.39 is 11.0 Å². The Labute approximate surface area is 229 Å². The van der Waals surface area contributed by atoms with Gasteiger partial charge in [0.1, 0.15) is 5.54 Å². The fraction of sp³-hybridized carbons (Fsp3) is 0.394. The topological polar surface area (TPSA) is 64.7 Å². The van der Waals surface area contributed by atoms with Gasteiger partial charge in [-0.1, -0.05) is 48.5 Å². The third kappa shape index (κ3) is 2.70. The molecule has 8 rings (SSSR count). The van der Waals surface area contributed by atoms with E-state index in [4.69, 9.17) is 0 Å². The van der Waals surface area contributed by atoms with Crippen molar-refractivity contribution in [1.82, 2.24) is 4.90 Å². The van der Waals surface area contributed by atoms with E-state index in [1.807, 2.05) is 38.4 Å². The maximum absolute atomic E-state index is 15.3. The van der Waals surface area contributed by atoms with E-state index in [0.717, 1.165) is 48.4 Å². The van der Waals surface area contributed by atoms with Gasteiger partial charge in [-0.05, 0) is 67.6 Å². The van der Waals surface area contributed by atoms with Gasteiger partial charge in [0, 0.05) is 54.6 Å². The molecule has 1 amide bonds. The number of nitrogens with one attached hydrogen (secondary N) is 2. The number of rotatable bonds is 2. The summed E-state index contributed by atoms with van der Waals surface area (Å²) < 4.78 is 0. The Morgan fingerprint density at radius 1 is 0.897 bits per heavy atom. The van der Waals surface area contributed by atoms with E-state index in [0.29, 0.717) is 6.42 Å². The lowest BCUT2D eigenvalue weighted by Gasteiger charge is -2.51. The SMILES string of the molecule is CN(C)c1ccc([C@H]2C3CCCN3[C@@]3(C(=O)Nc4ccccc43)[C@]23CCC2c4ccccc4NC2C3=O)cc1. The lowest BCUT2D eigenvalue weighted by Crippen LogP contribution is -2.64. The molecule has 6 atom stereocenters. The number of ketones is 1. The molecule has 0 aromatic heterocycles. The molecule has 5 aliphatic rings. The third-order valence-corrected chi connectivity index (χ3v) is 10.6. The van der Waals surface area contributed by atoms with Gasteiger partial charge in [-0.15, -0.1) is 0 Å². The van der Waals surface area contributed by atoms with Gasteiger partial charge in [0.25, 0.3) is 5.91 Å². The van der Waals surface area contributed by atoms with Gasteiger partial charge < -0.3 is 15.5 Å². The van der Waals surface area contributed by atoms with Crippen molar-refractivity contribution in [2.75, 3.05) is 36.2 Å². The molecular weight excluding hydrogens is 484 g/mol. The zero-order valence-corrected chi connectivity index (χ0v) is 22.5. The van der Waals surface area contributed by atoms with Crippen LogP contribution in [-0.4, -0.2) is 49.3 Å². The number of anilines is 3. The molecule has 3 aromatic rings. The third-order valence-electron chi connectivity index (χ3n) is 10.6. The maximum Gasteiger partial charge on any atom is 0.250 e. The zero-order valence-electron chi connectivity index (χ0n) is 22.5. The minimum absolute atomic E-state index is 0.0228. The summed E-state index contributed by atoms with van der Waals surface area (Å²) in [6, 6.07) is 25.0. The minimum atomic E-state index is -1.01. The van der Waals surface area contributed by atoms with Gasteiger partial charge in [-0.2, -0.15) is 0 Å². The summed E-state index contributed by atoms with van der Waals surface area (Å²) in [7, 11) is 4.10. The summed E-state index contributed by atoms with van der Waals surface area (Å²) in [5.74, 6) is 0.263. The molecule has 6 nitrogen and oxygen atoms in total. The summed E-state index contributed by atoms with van der Waals surface area (Å²) in [6.07, 6.45) is 3.60. The van der Waals surface area contributed by atoms with Gasteiger partial charge >= 0.3 is 0 Å². The zero-order chi connectivity index (χ0) is 26.5. The van der Waals surface area contributed by atoms with Crippen molar-refractivity contribution in [1.29, 1.82) is 0 Å². The second-order valence-electron chi connectivity index (χ2n) is 12.3. The van der Waals surface area contributed by atoms with Crippen molar-refractivity contribution in [3.8, 4) is 0 Å². The highest BCUT2D eigenvalue weighted by atomic mass is 16.2. The first-order valence-electron chi connectivity index (χ1n) is 14.3. The molecule has 198 valence electrons. The Balaban J connectivity index is 1.37. The van der Waals surface area contributed by atoms with Gasteiger partial charge in [0.15, 0.2) is 5.78 Å². The Morgan fingerprint density at radius 2 is 1.64 bits per heavy atom. The summed E-state index contributed by atoms with van der Waals surface area (Å²) >= 11 is 0. The normalized spacial score (nSPS) is 34.0. The second kappa shape index (κ2) is 7.95. The summed E-state index contributed by atoms with van der Waals surface area (Å²) in [4.78, 5) is 34.4. The second-order valence-corrected chi connectivity index (χ2v) is 12.3. The molecule has 2 saturated heterocycles. The number of para-hydroxylation sites is 2. The van der Waals surface area contributed by atoms with Crippen LogP contribution in [0.4, 0.5) is 17.1 Å². The number of hydrogen-bond donors (Lipinski definition) is 2. The lowest BCUT2D eigenvalue weighted by atomic mass is 9.51. The smallest absolute Gasteiger partial charge is 0.250 e. The largest absolute Gasteiger partial charge is 0.378 e. The quantitative estimate of drug-likeness (QED) is 0.495. The van der Waals surface area contributed by atoms with E-state index >= 15 is 4.79 Å². The molecule has 3 fully saturated rings. The molecule has 3 unspecified atom stereocenters. The molecule has 4 aliphatic heterocycles. The van der Waals surface area contributed by atoms with Crippen LogP contribution in [0.1, 0.15) is 54.2 Å². The van der Waals surface area contributed by atoms with E-state index in [1.165, 1.54) is 11.1 Å². The van der Waals surface area contributed by atoms with Crippen molar-refractivity contribution in [2.45, 2.75) is 55.1 Å². The lowest BCUT2D eigenvalue weighted by molar-refractivity contribution is -0.150. The van der Waals surface area contributed by atoms with Crippen LogP contribution in [0.3, 0.4) is 0 Å². The van der Waals surface area contributed by atoms with Crippen LogP contribution in [0.5, 0.6) is 0 Å². The first-order valence-corrected chi connectivity index (χ1v) is 14.3. The minimum Gasteiger partial charge on any atom is -0.378 e. The number of benzene rings is 3. The van der Waals surface area contributed by atoms with E-state index in [-0.39, 0.29) is 35.6 Å². The Bertz CT molecular complexity index is 1520. The van der Waals surface area contributed by atoms with Crippen molar-refractivity contribution in [3.05, 3.63) is 89.5 Å². The average Bonchev–Trinajstić information content (AvgIpc) is 3.68. The van der Waals surface area contributed by atoms with E-state index in [2.05, 4.69) is 69.0 Å². The van der Waals surface area contributed by atoms with Crippen LogP contribution in [0.25, 0.3) is 0 Å². The highest BCUT2D eigenvalue weighted by molar-refractivity contribution is 6.13. The van der Waals surface area contributed by atoms with Crippen LogP contribution in [0.2, 0.25) is 0 Å². The fourth-order valence-corrected chi connectivity index (χ4v) is 9.24. The summed E-state index contributed by atoms with van der Waals surface area (Å²) in [5.41, 5.74) is 4.57. The van der Waals surface area contributed by atoms with Crippen molar-refractivity contribution in [3.63, 3.8) is 0 Å². The number of Topliss-reactive ketones (excluding diaryl/α,β-unsaturated/α-hetero) is 1. The molecule has 6 heteroatoms. The van der Waals surface area contributed by atoms with Gasteiger partial charge in [0.05, 0.1) is 11.5 Å². The number of amides is 1. The Hall–Kier alpha value is -3.64. The van der Waals surface area contributed by atoms with Crippen molar-refractivity contribution < 1.29 is 9.59 Å².